The van der Waals surface area contributed by atoms with Crippen LogP contribution in [0.4, 0.5) is 0 Å². The van der Waals surface area contributed by atoms with E-state index < -0.39 is 5.97 Å². The van der Waals surface area contributed by atoms with Crippen molar-refractivity contribution >= 4 is 11.9 Å². The second kappa shape index (κ2) is 7.48. The van der Waals surface area contributed by atoms with Crippen molar-refractivity contribution in [3.05, 3.63) is 35.4 Å². The number of methoxy groups -OCH3 is 1. The van der Waals surface area contributed by atoms with Gasteiger partial charge in [-0.3, -0.25) is 4.79 Å². The van der Waals surface area contributed by atoms with Crippen LogP contribution in [0.2, 0.25) is 0 Å². The maximum Gasteiger partial charge on any atom is 0.338 e. The third-order valence-electron chi connectivity index (χ3n) is 2.64. The fourth-order valence-corrected chi connectivity index (χ4v) is 1.64. The largest absolute Gasteiger partial charge is 0.465 e. The van der Waals surface area contributed by atoms with Crippen LogP contribution in [0.25, 0.3) is 0 Å². The van der Waals surface area contributed by atoms with E-state index in [4.69, 9.17) is 0 Å². The summed E-state index contributed by atoms with van der Waals surface area (Å²) in [5.74, 6) is -0.721. The Morgan fingerprint density at radius 1 is 1.17 bits per heavy atom. The number of ether oxygens (including phenoxy) is 1. The summed E-state index contributed by atoms with van der Waals surface area (Å²) < 4.78 is 4.65. The molecule has 0 saturated heterocycles. The molecule has 0 fully saturated rings. The molecule has 0 atom stereocenters. The molecule has 0 aliphatic rings. The van der Waals surface area contributed by atoms with Crippen LogP contribution in [-0.4, -0.2) is 25.5 Å². The molecule has 0 saturated carbocycles. The Labute approximate surface area is 107 Å². The first-order valence-corrected chi connectivity index (χ1v) is 6.16. The molecule has 1 rings (SSSR count). The van der Waals surface area contributed by atoms with Crippen LogP contribution in [0.15, 0.2) is 24.3 Å². The average molecular weight is 249 g/mol. The molecule has 0 aliphatic carbocycles. The molecule has 0 spiro atoms. The molecule has 1 amide bonds. The van der Waals surface area contributed by atoms with Gasteiger partial charge in [-0.25, -0.2) is 4.79 Å². The van der Waals surface area contributed by atoms with Crippen molar-refractivity contribution in [2.45, 2.75) is 26.2 Å². The van der Waals surface area contributed by atoms with Crippen molar-refractivity contribution in [2.24, 2.45) is 0 Å². The first kappa shape index (κ1) is 14.2. The van der Waals surface area contributed by atoms with Gasteiger partial charge in [-0.1, -0.05) is 31.9 Å². The standard InChI is InChI=1S/C14H19NO3/c1-3-4-7-10-15-13(16)11-8-5-6-9-12(11)14(17)18-2/h5-6,8-9H,3-4,7,10H2,1-2H3,(H,15,16). The fraction of sp³-hybridized carbons (Fsp3) is 0.429. The van der Waals surface area contributed by atoms with E-state index in [0.29, 0.717) is 17.7 Å². The van der Waals surface area contributed by atoms with Gasteiger partial charge in [0.2, 0.25) is 0 Å². The van der Waals surface area contributed by atoms with Crippen molar-refractivity contribution in [2.75, 3.05) is 13.7 Å². The molecule has 4 nitrogen and oxygen atoms in total. The van der Waals surface area contributed by atoms with Gasteiger partial charge in [0.25, 0.3) is 5.91 Å². The van der Waals surface area contributed by atoms with Gasteiger partial charge < -0.3 is 10.1 Å². The molecular weight excluding hydrogens is 230 g/mol. The first-order chi connectivity index (χ1) is 8.70. The molecule has 0 aliphatic heterocycles. The summed E-state index contributed by atoms with van der Waals surface area (Å²) in [6, 6.07) is 6.65. The smallest absolute Gasteiger partial charge is 0.338 e. The zero-order chi connectivity index (χ0) is 13.4. The summed E-state index contributed by atoms with van der Waals surface area (Å²) in [6.07, 6.45) is 3.14. The Hall–Kier alpha value is -1.84. The number of hydrogen-bond acceptors (Lipinski definition) is 3. The Bertz CT molecular complexity index is 415. The second-order valence-corrected chi connectivity index (χ2v) is 4.00. The molecule has 1 aromatic carbocycles. The molecule has 0 radical (unpaired) electrons. The lowest BCUT2D eigenvalue weighted by molar-refractivity contribution is 0.0596. The number of carbonyl (C=O) groups is 2. The van der Waals surface area contributed by atoms with Crippen molar-refractivity contribution in [1.29, 1.82) is 0 Å². The van der Waals surface area contributed by atoms with Crippen LogP contribution in [-0.2, 0) is 4.74 Å². The van der Waals surface area contributed by atoms with Gasteiger partial charge >= 0.3 is 5.97 Å². The van der Waals surface area contributed by atoms with Crippen LogP contribution < -0.4 is 5.32 Å². The summed E-state index contributed by atoms with van der Waals surface area (Å²) in [5.41, 5.74) is 0.661. The van der Waals surface area contributed by atoms with E-state index in [0.717, 1.165) is 19.3 Å². The third-order valence-corrected chi connectivity index (χ3v) is 2.64. The van der Waals surface area contributed by atoms with E-state index in [-0.39, 0.29) is 5.91 Å². The SMILES string of the molecule is CCCCCNC(=O)c1ccccc1C(=O)OC. The van der Waals surface area contributed by atoms with Crippen LogP contribution in [0.1, 0.15) is 46.9 Å². The van der Waals surface area contributed by atoms with Crippen LogP contribution in [0.3, 0.4) is 0 Å². The van der Waals surface area contributed by atoms with Gasteiger partial charge in [-0.05, 0) is 18.6 Å². The van der Waals surface area contributed by atoms with Gasteiger partial charge in [0.1, 0.15) is 0 Å². The lowest BCUT2D eigenvalue weighted by Gasteiger charge is -2.08. The number of carbonyl (C=O) groups excluding carboxylic acids is 2. The van der Waals surface area contributed by atoms with Gasteiger partial charge in [0, 0.05) is 6.54 Å². The van der Waals surface area contributed by atoms with E-state index >= 15 is 0 Å². The predicted molar refractivity (Wildman–Crippen MR) is 69.6 cm³/mol. The summed E-state index contributed by atoms with van der Waals surface area (Å²) in [7, 11) is 1.30. The highest BCUT2D eigenvalue weighted by Gasteiger charge is 2.16. The monoisotopic (exact) mass is 249 g/mol. The summed E-state index contributed by atoms with van der Waals surface area (Å²) in [6.45, 7) is 2.73. The van der Waals surface area contributed by atoms with Crippen LogP contribution in [0.5, 0.6) is 0 Å². The molecule has 98 valence electrons. The number of amides is 1. The Kier molecular flexibility index (Phi) is 5.91. The molecule has 0 bridgehead atoms. The summed E-state index contributed by atoms with van der Waals surface area (Å²) in [4.78, 5) is 23.4. The predicted octanol–water partition coefficient (Wildman–Crippen LogP) is 2.39. The highest BCUT2D eigenvalue weighted by atomic mass is 16.5. The quantitative estimate of drug-likeness (QED) is 0.622. The van der Waals surface area contributed by atoms with Gasteiger partial charge in [-0.2, -0.15) is 0 Å². The van der Waals surface area contributed by atoms with Crippen molar-refractivity contribution in [1.82, 2.24) is 5.32 Å². The van der Waals surface area contributed by atoms with E-state index in [9.17, 15) is 9.59 Å². The molecule has 18 heavy (non-hydrogen) atoms. The normalized spacial score (nSPS) is 9.89. The molecule has 0 heterocycles. The highest BCUT2D eigenvalue weighted by Crippen LogP contribution is 2.10. The van der Waals surface area contributed by atoms with E-state index in [1.807, 2.05) is 0 Å². The minimum Gasteiger partial charge on any atom is -0.465 e. The number of benzene rings is 1. The van der Waals surface area contributed by atoms with Crippen LogP contribution in [0, 0.1) is 0 Å². The topological polar surface area (TPSA) is 55.4 Å². The molecule has 0 aromatic heterocycles. The van der Waals surface area contributed by atoms with Crippen molar-refractivity contribution < 1.29 is 14.3 Å². The molecule has 1 N–H and O–H groups in total. The number of rotatable bonds is 6. The van der Waals surface area contributed by atoms with Gasteiger partial charge in [0.05, 0.1) is 18.2 Å². The zero-order valence-corrected chi connectivity index (χ0v) is 10.9. The summed E-state index contributed by atoms with van der Waals surface area (Å²) >= 11 is 0. The van der Waals surface area contributed by atoms with E-state index in [1.165, 1.54) is 7.11 Å². The first-order valence-electron chi connectivity index (χ1n) is 6.16. The zero-order valence-electron chi connectivity index (χ0n) is 10.9. The maximum absolute atomic E-state index is 11.9. The molecule has 4 heteroatoms. The average Bonchev–Trinajstić information content (AvgIpc) is 2.42. The number of hydrogen-bond donors (Lipinski definition) is 1. The fourth-order valence-electron chi connectivity index (χ4n) is 1.64. The molecular formula is C14H19NO3. The highest BCUT2D eigenvalue weighted by molar-refractivity contribution is 6.05. The third kappa shape index (κ3) is 3.87. The Balaban J connectivity index is 2.70. The molecule has 1 aromatic rings. The minimum atomic E-state index is -0.491. The molecule has 0 unspecified atom stereocenters. The lowest BCUT2D eigenvalue weighted by Crippen LogP contribution is -2.26. The van der Waals surface area contributed by atoms with E-state index in [2.05, 4.69) is 17.0 Å². The van der Waals surface area contributed by atoms with Crippen molar-refractivity contribution in [3.8, 4) is 0 Å². The van der Waals surface area contributed by atoms with Gasteiger partial charge in [-0.15, -0.1) is 0 Å². The Morgan fingerprint density at radius 2 is 1.83 bits per heavy atom. The second-order valence-electron chi connectivity index (χ2n) is 4.00. The minimum absolute atomic E-state index is 0.230. The number of unbranched alkanes of at least 4 members (excludes halogenated alkanes) is 2. The van der Waals surface area contributed by atoms with Crippen molar-refractivity contribution in [3.63, 3.8) is 0 Å². The summed E-state index contributed by atoms with van der Waals surface area (Å²) in [5, 5.41) is 2.81. The number of esters is 1. The Morgan fingerprint density at radius 3 is 2.44 bits per heavy atom. The maximum atomic E-state index is 11.9. The van der Waals surface area contributed by atoms with E-state index in [1.54, 1.807) is 24.3 Å². The van der Waals surface area contributed by atoms with Gasteiger partial charge in [0.15, 0.2) is 0 Å². The lowest BCUT2D eigenvalue weighted by atomic mass is 10.1. The number of nitrogens with one attached hydrogen (secondary N) is 1. The van der Waals surface area contributed by atoms with Crippen LogP contribution >= 0.6 is 0 Å².